The highest BCUT2D eigenvalue weighted by atomic mass is 16.5. The molecule has 0 aromatic carbocycles. The Labute approximate surface area is 78.5 Å². The predicted octanol–water partition coefficient (Wildman–Crippen LogP) is -0.138. The summed E-state index contributed by atoms with van der Waals surface area (Å²) in [4.78, 5) is 13.2. The van der Waals surface area contributed by atoms with Gasteiger partial charge in [-0.2, -0.15) is 0 Å². The molecule has 0 radical (unpaired) electrons. The van der Waals surface area contributed by atoms with Crippen LogP contribution in [0.3, 0.4) is 0 Å². The van der Waals surface area contributed by atoms with Crippen LogP contribution in [0.4, 0.5) is 0 Å². The van der Waals surface area contributed by atoms with Gasteiger partial charge >= 0.3 is 0 Å². The van der Waals surface area contributed by atoms with Gasteiger partial charge < -0.3 is 14.7 Å². The Hall–Kier alpha value is -0.610. The maximum Gasteiger partial charge on any atom is 0.225 e. The van der Waals surface area contributed by atoms with E-state index in [0.717, 1.165) is 0 Å². The molecule has 1 aliphatic rings. The van der Waals surface area contributed by atoms with Crippen LogP contribution < -0.4 is 0 Å². The molecule has 0 saturated carbocycles. The highest BCUT2D eigenvalue weighted by molar-refractivity contribution is 5.78. The van der Waals surface area contributed by atoms with E-state index in [4.69, 9.17) is 4.74 Å². The number of nitrogens with zero attached hydrogens (tertiary/aromatic N) is 1. The van der Waals surface area contributed by atoms with E-state index < -0.39 is 6.10 Å². The van der Waals surface area contributed by atoms with Crippen LogP contribution in [0, 0.1) is 5.92 Å². The fraction of sp³-hybridized carbons (Fsp3) is 0.889. The van der Waals surface area contributed by atoms with Gasteiger partial charge in [0.15, 0.2) is 0 Å². The van der Waals surface area contributed by atoms with Gasteiger partial charge in [-0.15, -0.1) is 0 Å². The molecule has 1 rings (SSSR count). The fourth-order valence-electron chi connectivity index (χ4n) is 1.36. The Kier molecular flexibility index (Phi) is 3.69. The average molecular weight is 187 g/mol. The van der Waals surface area contributed by atoms with E-state index in [2.05, 4.69) is 0 Å². The summed E-state index contributed by atoms with van der Waals surface area (Å²) in [6, 6.07) is 0. The van der Waals surface area contributed by atoms with Crippen LogP contribution in [0.15, 0.2) is 0 Å². The lowest BCUT2D eigenvalue weighted by Crippen LogP contribution is -2.39. The summed E-state index contributed by atoms with van der Waals surface area (Å²) < 4.78 is 5.12. The Bertz CT molecular complexity index is 182. The zero-order valence-electron chi connectivity index (χ0n) is 8.19. The molecule has 0 bridgehead atoms. The van der Waals surface area contributed by atoms with Crippen molar-refractivity contribution in [3.8, 4) is 0 Å². The Morgan fingerprint density at radius 3 is 2.92 bits per heavy atom. The van der Waals surface area contributed by atoms with Crippen molar-refractivity contribution >= 4 is 5.91 Å². The van der Waals surface area contributed by atoms with Gasteiger partial charge in [-0.1, -0.05) is 13.8 Å². The molecule has 0 aliphatic carbocycles. The van der Waals surface area contributed by atoms with Crippen molar-refractivity contribution in [2.75, 3.05) is 26.3 Å². The highest BCUT2D eigenvalue weighted by Gasteiger charge is 2.22. The molecule has 0 aromatic heterocycles. The predicted molar refractivity (Wildman–Crippen MR) is 48.2 cm³/mol. The molecule has 1 fully saturated rings. The number of amides is 1. The second kappa shape index (κ2) is 4.58. The third-order valence-electron chi connectivity index (χ3n) is 2.05. The van der Waals surface area contributed by atoms with Crippen molar-refractivity contribution in [2.24, 2.45) is 5.92 Å². The van der Waals surface area contributed by atoms with Gasteiger partial charge in [-0.05, 0) is 0 Å². The zero-order chi connectivity index (χ0) is 9.84. The van der Waals surface area contributed by atoms with E-state index in [1.807, 2.05) is 13.8 Å². The minimum atomic E-state index is -0.537. The molecule has 0 unspecified atom stereocenters. The molecule has 0 spiro atoms. The van der Waals surface area contributed by atoms with Crippen molar-refractivity contribution in [1.29, 1.82) is 0 Å². The standard InChI is InChI=1S/C9H17NO3/c1-7(2)9(12)10-3-4-13-6-8(11)5-10/h7-8,11H,3-6H2,1-2H3/t8-/m0/s1. The first-order chi connectivity index (χ1) is 6.11. The zero-order valence-corrected chi connectivity index (χ0v) is 8.19. The van der Waals surface area contributed by atoms with Gasteiger partial charge in [0.25, 0.3) is 0 Å². The molecular formula is C9H17NO3. The monoisotopic (exact) mass is 187 g/mol. The largest absolute Gasteiger partial charge is 0.389 e. The first kappa shape index (κ1) is 10.5. The van der Waals surface area contributed by atoms with Gasteiger partial charge in [-0.25, -0.2) is 0 Å². The van der Waals surface area contributed by atoms with Crippen LogP contribution >= 0.6 is 0 Å². The minimum Gasteiger partial charge on any atom is -0.389 e. The van der Waals surface area contributed by atoms with Crippen molar-refractivity contribution in [3.05, 3.63) is 0 Å². The number of β-amino-alcohol motifs (C(OH)–C–C–N with tert-alkyl or cyclic N) is 1. The molecular weight excluding hydrogens is 170 g/mol. The number of hydrogen-bond acceptors (Lipinski definition) is 3. The molecule has 4 heteroatoms. The van der Waals surface area contributed by atoms with Crippen LogP contribution in [-0.2, 0) is 9.53 Å². The molecule has 1 atom stereocenters. The summed E-state index contributed by atoms with van der Waals surface area (Å²) in [5.74, 6) is 0.0786. The Balaban J connectivity index is 2.52. The smallest absolute Gasteiger partial charge is 0.225 e. The lowest BCUT2D eigenvalue weighted by molar-refractivity contribution is -0.135. The van der Waals surface area contributed by atoms with Gasteiger partial charge in [-0.3, -0.25) is 4.79 Å². The van der Waals surface area contributed by atoms with Crippen LogP contribution in [-0.4, -0.2) is 48.3 Å². The quantitative estimate of drug-likeness (QED) is 0.621. The molecule has 1 amide bonds. The number of rotatable bonds is 1. The SMILES string of the molecule is CC(C)C(=O)N1CCOC[C@@H](O)C1. The van der Waals surface area contributed by atoms with Gasteiger partial charge in [0.1, 0.15) is 0 Å². The summed E-state index contributed by atoms with van der Waals surface area (Å²) in [7, 11) is 0. The van der Waals surface area contributed by atoms with Crippen LogP contribution in [0.25, 0.3) is 0 Å². The van der Waals surface area contributed by atoms with Gasteiger partial charge in [0.05, 0.1) is 19.3 Å². The first-order valence-corrected chi connectivity index (χ1v) is 4.66. The van der Waals surface area contributed by atoms with Crippen molar-refractivity contribution in [2.45, 2.75) is 20.0 Å². The average Bonchev–Trinajstić information content (AvgIpc) is 2.28. The molecule has 1 N–H and O–H groups in total. The second-order valence-corrected chi connectivity index (χ2v) is 3.67. The van der Waals surface area contributed by atoms with E-state index in [-0.39, 0.29) is 11.8 Å². The lowest BCUT2D eigenvalue weighted by Gasteiger charge is -2.23. The molecule has 13 heavy (non-hydrogen) atoms. The van der Waals surface area contributed by atoms with E-state index in [1.54, 1.807) is 4.90 Å². The number of aliphatic hydroxyl groups is 1. The normalized spacial score (nSPS) is 24.6. The van der Waals surface area contributed by atoms with Crippen LogP contribution in [0.1, 0.15) is 13.8 Å². The minimum absolute atomic E-state index is 0.00898. The first-order valence-electron chi connectivity index (χ1n) is 4.66. The lowest BCUT2D eigenvalue weighted by atomic mass is 10.2. The van der Waals surface area contributed by atoms with Crippen LogP contribution in [0.5, 0.6) is 0 Å². The van der Waals surface area contributed by atoms with E-state index >= 15 is 0 Å². The number of ether oxygens (including phenoxy) is 1. The molecule has 4 nitrogen and oxygen atoms in total. The maximum absolute atomic E-state index is 11.6. The van der Waals surface area contributed by atoms with Gasteiger partial charge in [0.2, 0.25) is 5.91 Å². The second-order valence-electron chi connectivity index (χ2n) is 3.67. The summed E-state index contributed by atoms with van der Waals surface area (Å²) in [6.07, 6.45) is -0.537. The summed E-state index contributed by atoms with van der Waals surface area (Å²) in [6.45, 7) is 5.57. The molecule has 1 saturated heterocycles. The Morgan fingerprint density at radius 2 is 2.31 bits per heavy atom. The number of carbonyl (C=O) groups is 1. The van der Waals surface area contributed by atoms with Crippen LogP contribution in [0.2, 0.25) is 0 Å². The number of carbonyl (C=O) groups excluding carboxylic acids is 1. The topological polar surface area (TPSA) is 49.8 Å². The molecule has 1 heterocycles. The van der Waals surface area contributed by atoms with Crippen molar-refractivity contribution in [1.82, 2.24) is 4.90 Å². The van der Waals surface area contributed by atoms with E-state index in [9.17, 15) is 9.90 Å². The number of hydrogen-bond donors (Lipinski definition) is 1. The summed E-state index contributed by atoms with van der Waals surface area (Å²) in [5, 5.41) is 9.37. The van der Waals surface area contributed by atoms with E-state index in [1.165, 1.54) is 0 Å². The third-order valence-corrected chi connectivity index (χ3v) is 2.05. The summed E-state index contributed by atoms with van der Waals surface area (Å²) in [5.41, 5.74) is 0. The molecule has 0 aromatic rings. The summed E-state index contributed by atoms with van der Waals surface area (Å²) >= 11 is 0. The maximum atomic E-state index is 11.6. The van der Waals surface area contributed by atoms with Gasteiger partial charge in [0, 0.05) is 19.0 Å². The molecule has 1 aliphatic heterocycles. The number of aliphatic hydroxyl groups excluding tert-OH is 1. The molecule has 76 valence electrons. The highest BCUT2D eigenvalue weighted by Crippen LogP contribution is 2.05. The Morgan fingerprint density at radius 1 is 1.62 bits per heavy atom. The van der Waals surface area contributed by atoms with Crippen molar-refractivity contribution < 1.29 is 14.6 Å². The third kappa shape index (κ3) is 2.97. The fourth-order valence-corrected chi connectivity index (χ4v) is 1.36. The van der Waals surface area contributed by atoms with Crippen molar-refractivity contribution in [3.63, 3.8) is 0 Å². The van der Waals surface area contributed by atoms with E-state index in [0.29, 0.717) is 26.3 Å².